The molecule has 1 amide bonds. The molecule has 7 nitrogen and oxygen atoms in total. The number of carbonyl (C=O) groups excluding carboxylic acids is 1. The Labute approximate surface area is 194 Å². The zero-order valence-corrected chi connectivity index (χ0v) is 18.0. The molecule has 0 bridgehead atoms. The van der Waals surface area contributed by atoms with Gasteiger partial charge in [0, 0.05) is 11.1 Å². The molecule has 4 rings (SSSR count). The van der Waals surface area contributed by atoms with Gasteiger partial charge in [-0.15, -0.1) is 0 Å². The number of nitrogens with zero attached hydrogens (tertiary/aromatic N) is 2. The van der Waals surface area contributed by atoms with Crippen LogP contribution in [0.15, 0.2) is 101 Å². The molecule has 1 aromatic heterocycles. The van der Waals surface area contributed by atoms with Gasteiger partial charge in [0.2, 0.25) is 0 Å². The summed E-state index contributed by atoms with van der Waals surface area (Å²) in [4.78, 5) is 23.8. The first-order valence-corrected chi connectivity index (χ1v) is 10.4. The van der Waals surface area contributed by atoms with Crippen LogP contribution in [0.25, 0.3) is 11.3 Å². The maximum atomic E-state index is 13.0. The number of carbonyl (C=O) groups is 1. The van der Waals surface area contributed by atoms with Crippen LogP contribution in [-0.4, -0.2) is 17.0 Å². The third kappa shape index (κ3) is 5.16. The Kier molecular flexibility index (Phi) is 6.61. The Morgan fingerprint density at radius 3 is 2.21 bits per heavy atom. The molecule has 0 saturated carbocycles. The molecule has 0 aliphatic rings. The number of furan rings is 1. The molecule has 0 aliphatic carbocycles. The summed E-state index contributed by atoms with van der Waals surface area (Å²) in [6.45, 7) is 0. The number of hydrogen-bond donors (Lipinski definition) is 1. The predicted molar refractivity (Wildman–Crippen MR) is 126 cm³/mol. The first kappa shape index (κ1) is 22.0. The van der Waals surface area contributed by atoms with Gasteiger partial charge in [0.05, 0.1) is 22.6 Å². The van der Waals surface area contributed by atoms with Gasteiger partial charge in [-0.1, -0.05) is 72.3 Å². The van der Waals surface area contributed by atoms with Gasteiger partial charge in [-0.25, -0.2) is 5.43 Å². The third-order valence-electron chi connectivity index (χ3n) is 4.94. The van der Waals surface area contributed by atoms with Crippen LogP contribution in [-0.2, 0) is 4.79 Å². The molecule has 1 N–H and O–H groups in total. The van der Waals surface area contributed by atoms with Gasteiger partial charge in [-0.2, -0.15) is 5.10 Å². The molecule has 0 spiro atoms. The molecule has 0 radical (unpaired) electrons. The molecular weight excluding hydrogens is 442 g/mol. The second kappa shape index (κ2) is 9.93. The smallest absolute Gasteiger partial charge is 0.281 e. The van der Waals surface area contributed by atoms with Gasteiger partial charge in [-0.05, 0) is 35.4 Å². The van der Waals surface area contributed by atoms with Crippen molar-refractivity contribution in [1.82, 2.24) is 5.43 Å². The van der Waals surface area contributed by atoms with Crippen molar-refractivity contribution in [2.24, 2.45) is 5.10 Å². The van der Waals surface area contributed by atoms with Crippen molar-refractivity contribution < 1.29 is 14.1 Å². The number of nitro groups is 1. The summed E-state index contributed by atoms with van der Waals surface area (Å²) in [6, 6.07) is 26.4. The lowest BCUT2D eigenvalue weighted by molar-refractivity contribution is -0.384. The summed E-state index contributed by atoms with van der Waals surface area (Å²) in [5, 5.41) is 15.6. The maximum Gasteiger partial charge on any atom is 0.281 e. The first-order valence-electron chi connectivity index (χ1n) is 10.00. The summed E-state index contributed by atoms with van der Waals surface area (Å²) in [6.07, 6.45) is 1.34. The summed E-state index contributed by atoms with van der Waals surface area (Å²) in [5.74, 6) is -0.222. The average molecular weight is 460 g/mol. The van der Waals surface area contributed by atoms with Crippen LogP contribution in [0.3, 0.4) is 0 Å². The Bertz CT molecular complexity index is 1260. The topological polar surface area (TPSA) is 97.7 Å². The lowest BCUT2D eigenvalue weighted by Gasteiger charge is -2.16. The third-order valence-corrected chi connectivity index (χ3v) is 5.18. The lowest BCUT2D eigenvalue weighted by Crippen LogP contribution is -2.26. The Hall–Kier alpha value is -4.23. The van der Waals surface area contributed by atoms with E-state index < -0.39 is 10.8 Å². The SMILES string of the molecule is O=C(N/N=C\c1ccc(-c2ccc(Cl)cc2[N+](=O)[O-])o1)C(c1ccccc1)c1ccccc1. The van der Waals surface area contributed by atoms with Gasteiger partial charge in [-0.3, -0.25) is 14.9 Å². The van der Waals surface area contributed by atoms with Crippen molar-refractivity contribution >= 4 is 29.4 Å². The van der Waals surface area contributed by atoms with Gasteiger partial charge in [0.15, 0.2) is 0 Å². The van der Waals surface area contributed by atoms with E-state index in [0.29, 0.717) is 11.3 Å². The number of hydrogen-bond acceptors (Lipinski definition) is 5. The second-order valence-corrected chi connectivity index (χ2v) is 7.55. The van der Waals surface area contributed by atoms with E-state index in [1.54, 1.807) is 18.2 Å². The van der Waals surface area contributed by atoms with Gasteiger partial charge < -0.3 is 4.42 Å². The fourth-order valence-corrected chi connectivity index (χ4v) is 3.61. The normalized spacial score (nSPS) is 11.1. The van der Waals surface area contributed by atoms with Crippen molar-refractivity contribution in [3.63, 3.8) is 0 Å². The molecule has 1 heterocycles. The minimum absolute atomic E-state index is 0.165. The molecule has 4 aromatic rings. The highest BCUT2D eigenvalue weighted by molar-refractivity contribution is 6.30. The van der Waals surface area contributed by atoms with E-state index in [1.165, 1.54) is 18.3 Å². The summed E-state index contributed by atoms with van der Waals surface area (Å²) >= 11 is 5.87. The lowest BCUT2D eigenvalue weighted by atomic mass is 9.91. The fourth-order valence-electron chi connectivity index (χ4n) is 3.44. The van der Waals surface area contributed by atoms with Gasteiger partial charge >= 0.3 is 0 Å². The van der Waals surface area contributed by atoms with Gasteiger partial charge in [0.1, 0.15) is 11.5 Å². The van der Waals surface area contributed by atoms with Crippen molar-refractivity contribution in [2.75, 3.05) is 0 Å². The standard InChI is InChI=1S/C25H18ClN3O4/c26-19-11-13-21(22(15-19)29(31)32)23-14-12-20(33-23)16-27-28-25(30)24(17-7-3-1-4-8-17)18-9-5-2-6-10-18/h1-16,24H,(H,28,30)/b27-16-. The molecule has 164 valence electrons. The first-order chi connectivity index (χ1) is 16.0. The Balaban J connectivity index is 1.52. The summed E-state index contributed by atoms with van der Waals surface area (Å²) < 4.78 is 5.66. The Morgan fingerprint density at radius 2 is 1.61 bits per heavy atom. The van der Waals surface area contributed by atoms with Crippen LogP contribution >= 0.6 is 11.6 Å². The van der Waals surface area contributed by atoms with E-state index in [0.717, 1.165) is 11.1 Å². The molecule has 0 saturated heterocycles. The van der Waals surface area contributed by atoms with E-state index in [-0.39, 0.29) is 22.4 Å². The largest absolute Gasteiger partial charge is 0.455 e. The maximum absolute atomic E-state index is 13.0. The van der Waals surface area contributed by atoms with Crippen molar-refractivity contribution in [2.45, 2.75) is 5.92 Å². The predicted octanol–water partition coefficient (Wildman–Crippen LogP) is 5.79. The monoisotopic (exact) mass is 459 g/mol. The van der Waals surface area contributed by atoms with Gasteiger partial charge in [0.25, 0.3) is 11.6 Å². The number of hydrazone groups is 1. The van der Waals surface area contributed by atoms with Crippen molar-refractivity contribution in [1.29, 1.82) is 0 Å². The fraction of sp³-hybridized carbons (Fsp3) is 0.0400. The van der Waals surface area contributed by atoms with E-state index in [9.17, 15) is 14.9 Å². The molecule has 0 atom stereocenters. The number of nitrogens with one attached hydrogen (secondary N) is 1. The molecule has 33 heavy (non-hydrogen) atoms. The minimum Gasteiger partial charge on any atom is -0.455 e. The van der Waals surface area contributed by atoms with E-state index in [2.05, 4.69) is 10.5 Å². The summed E-state index contributed by atoms with van der Waals surface area (Å²) in [5.41, 5.74) is 4.37. The van der Waals surface area contributed by atoms with E-state index >= 15 is 0 Å². The number of halogens is 1. The molecule has 8 heteroatoms. The number of rotatable bonds is 7. The van der Waals surface area contributed by atoms with E-state index in [1.807, 2.05) is 60.7 Å². The second-order valence-electron chi connectivity index (χ2n) is 7.11. The van der Waals surface area contributed by atoms with Crippen LogP contribution < -0.4 is 5.43 Å². The van der Waals surface area contributed by atoms with Crippen LogP contribution in [0.2, 0.25) is 5.02 Å². The van der Waals surface area contributed by atoms with Crippen LogP contribution in [0.5, 0.6) is 0 Å². The average Bonchev–Trinajstić information content (AvgIpc) is 3.29. The van der Waals surface area contributed by atoms with Crippen LogP contribution in [0.4, 0.5) is 5.69 Å². The number of nitro benzene ring substituents is 1. The zero-order chi connectivity index (χ0) is 23.2. The zero-order valence-electron chi connectivity index (χ0n) is 17.2. The highest BCUT2D eigenvalue weighted by Crippen LogP contribution is 2.33. The molecular formula is C25H18ClN3O4. The Morgan fingerprint density at radius 1 is 0.970 bits per heavy atom. The number of benzene rings is 3. The molecule has 3 aromatic carbocycles. The van der Waals surface area contributed by atoms with Crippen molar-refractivity contribution in [3.05, 3.63) is 123 Å². The van der Waals surface area contributed by atoms with E-state index in [4.69, 9.17) is 16.0 Å². The minimum atomic E-state index is -0.534. The highest BCUT2D eigenvalue weighted by Gasteiger charge is 2.22. The van der Waals surface area contributed by atoms with Crippen LogP contribution in [0, 0.1) is 10.1 Å². The number of amides is 1. The molecule has 0 fully saturated rings. The quantitative estimate of drug-likeness (QED) is 0.215. The van der Waals surface area contributed by atoms with Crippen LogP contribution in [0.1, 0.15) is 22.8 Å². The highest BCUT2D eigenvalue weighted by atomic mass is 35.5. The summed E-state index contributed by atoms with van der Waals surface area (Å²) in [7, 11) is 0. The molecule has 0 unspecified atom stereocenters. The van der Waals surface area contributed by atoms with Crippen molar-refractivity contribution in [3.8, 4) is 11.3 Å². The molecule has 0 aliphatic heterocycles.